The highest BCUT2D eigenvalue weighted by Crippen LogP contribution is 2.28. The third-order valence-corrected chi connectivity index (χ3v) is 3.90. The van der Waals surface area contributed by atoms with Gasteiger partial charge in [-0.25, -0.2) is 0 Å². The van der Waals surface area contributed by atoms with Gasteiger partial charge >= 0.3 is 0 Å². The summed E-state index contributed by atoms with van der Waals surface area (Å²) in [7, 11) is 0. The highest BCUT2D eigenvalue weighted by molar-refractivity contribution is 5.59. The Morgan fingerprint density at radius 3 is 2.68 bits per heavy atom. The molecule has 0 radical (unpaired) electrons. The zero-order chi connectivity index (χ0) is 13.8. The van der Waals surface area contributed by atoms with E-state index in [1.165, 1.54) is 6.07 Å². The number of nitrogens with zero attached hydrogens (tertiary/aromatic N) is 1. The maximum absolute atomic E-state index is 10.9. The first-order valence-corrected chi connectivity index (χ1v) is 6.74. The van der Waals surface area contributed by atoms with E-state index in [-0.39, 0.29) is 16.7 Å². The van der Waals surface area contributed by atoms with Crippen LogP contribution in [-0.4, -0.2) is 22.7 Å². The van der Waals surface area contributed by atoms with E-state index in [9.17, 15) is 15.2 Å². The van der Waals surface area contributed by atoms with Crippen molar-refractivity contribution >= 4 is 11.4 Å². The fraction of sp³-hybridized carbons (Fsp3) is 0.571. The minimum absolute atomic E-state index is 0.143. The number of rotatable bonds is 4. The lowest BCUT2D eigenvalue weighted by atomic mass is 9.87. The number of aliphatic hydroxyl groups excluding tert-OH is 1. The predicted molar refractivity (Wildman–Crippen MR) is 74.3 cm³/mol. The number of hydrogen-bond acceptors (Lipinski definition) is 4. The van der Waals surface area contributed by atoms with E-state index in [2.05, 4.69) is 5.32 Å². The quantitative estimate of drug-likeness (QED) is 0.647. The van der Waals surface area contributed by atoms with Crippen molar-refractivity contribution in [3.05, 3.63) is 33.9 Å². The van der Waals surface area contributed by atoms with Crippen LogP contribution >= 0.6 is 0 Å². The molecular formula is C14H20N2O3. The average Bonchev–Trinajstić information content (AvgIpc) is 2.39. The van der Waals surface area contributed by atoms with Gasteiger partial charge in [-0.05, 0) is 44.6 Å². The topological polar surface area (TPSA) is 75.4 Å². The third kappa shape index (κ3) is 3.44. The SMILES string of the molecule is Cc1c(NCC2CCC(O)CC2)cccc1[N+](=O)[O-]. The summed E-state index contributed by atoms with van der Waals surface area (Å²) < 4.78 is 0. The summed E-state index contributed by atoms with van der Waals surface area (Å²) in [5, 5.41) is 23.6. The van der Waals surface area contributed by atoms with Crippen molar-refractivity contribution in [3.8, 4) is 0 Å². The van der Waals surface area contributed by atoms with Crippen LogP contribution in [0.3, 0.4) is 0 Å². The van der Waals surface area contributed by atoms with E-state index in [1.54, 1.807) is 13.0 Å². The molecule has 5 nitrogen and oxygen atoms in total. The summed E-state index contributed by atoms with van der Waals surface area (Å²) in [5.41, 5.74) is 1.67. The number of anilines is 1. The van der Waals surface area contributed by atoms with E-state index in [1.807, 2.05) is 6.07 Å². The van der Waals surface area contributed by atoms with Gasteiger partial charge in [0.05, 0.1) is 11.0 Å². The molecule has 2 rings (SSSR count). The molecule has 0 spiro atoms. The standard InChI is InChI=1S/C14H20N2O3/c1-10-13(3-2-4-14(10)16(18)19)15-9-11-5-7-12(17)8-6-11/h2-4,11-12,15,17H,5-9H2,1H3. The summed E-state index contributed by atoms with van der Waals surface area (Å²) in [4.78, 5) is 10.5. The second kappa shape index (κ2) is 6.02. The molecule has 19 heavy (non-hydrogen) atoms. The van der Waals surface area contributed by atoms with Crippen LogP contribution in [0, 0.1) is 23.0 Å². The number of nitro groups is 1. The van der Waals surface area contributed by atoms with Crippen LogP contribution in [0.5, 0.6) is 0 Å². The molecule has 1 fully saturated rings. The van der Waals surface area contributed by atoms with Crippen molar-refractivity contribution < 1.29 is 10.0 Å². The predicted octanol–water partition coefficient (Wildman–Crippen LogP) is 2.87. The van der Waals surface area contributed by atoms with Crippen LogP contribution in [0.2, 0.25) is 0 Å². The van der Waals surface area contributed by atoms with Gasteiger partial charge in [-0.3, -0.25) is 10.1 Å². The summed E-state index contributed by atoms with van der Waals surface area (Å²) in [6.07, 6.45) is 3.61. The molecular weight excluding hydrogens is 244 g/mol. The Morgan fingerprint density at radius 1 is 1.37 bits per heavy atom. The lowest BCUT2D eigenvalue weighted by Gasteiger charge is -2.26. The third-order valence-electron chi connectivity index (χ3n) is 3.90. The zero-order valence-corrected chi connectivity index (χ0v) is 11.1. The Morgan fingerprint density at radius 2 is 2.05 bits per heavy atom. The Labute approximate surface area is 112 Å². The fourth-order valence-corrected chi connectivity index (χ4v) is 2.62. The molecule has 0 amide bonds. The number of hydrogen-bond donors (Lipinski definition) is 2. The van der Waals surface area contributed by atoms with Gasteiger partial charge in [0.25, 0.3) is 5.69 Å². The van der Waals surface area contributed by atoms with E-state index >= 15 is 0 Å². The van der Waals surface area contributed by atoms with Crippen LogP contribution in [0.25, 0.3) is 0 Å². The summed E-state index contributed by atoms with van der Waals surface area (Å²) >= 11 is 0. The Balaban J connectivity index is 1.96. The van der Waals surface area contributed by atoms with Crippen molar-refractivity contribution in [2.24, 2.45) is 5.92 Å². The Kier molecular flexibility index (Phi) is 4.37. The molecule has 1 aliphatic rings. The van der Waals surface area contributed by atoms with Crippen LogP contribution in [0.1, 0.15) is 31.2 Å². The molecule has 104 valence electrons. The Bertz CT molecular complexity index is 454. The van der Waals surface area contributed by atoms with Gasteiger partial charge in [-0.1, -0.05) is 6.07 Å². The monoisotopic (exact) mass is 264 g/mol. The van der Waals surface area contributed by atoms with Crippen molar-refractivity contribution in [3.63, 3.8) is 0 Å². The molecule has 0 unspecified atom stereocenters. The van der Waals surface area contributed by atoms with Crippen molar-refractivity contribution in [1.82, 2.24) is 0 Å². The van der Waals surface area contributed by atoms with Gasteiger partial charge in [0.1, 0.15) is 0 Å². The van der Waals surface area contributed by atoms with Crippen LogP contribution < -0.4 is 5.32 Å². The van der Waals surface area contributed by atoms with E-state index in [4.69, 9.17) is 0 Å². The minimum atomic E-state index is -0.350. The number of nitrogens with one attached hydrogen (secondary N) is 1. The lowest BCUT2D eigenvalue weighted by Crippen LogP contribution is -2.23. The fourth-order valence-electron chi connectivity index (χ4n) is 2.62. The van der Waals surface area contributed by atoms with Gasteiger partial charge in [0.15, 0.2) is 0 Å². The summed E-state index contributed by atoms with van der Waals surface area (Å²) in [5.74, 6) is 0.544. The molecule has 0 aliphatic heterocycles. The first kappa shape index (κ1) is 13.8. The molecule has 0 aromatic heterocycles. The van der Waals surface area contributed by atoms with E-state index < -0.39 is 0 Å². The molecule has 2 N–H and O–H groups in total. The second-order valence-corrected chi connectivity index (χ2v) is 5.26. The van der Waals surface area contributed by atoms with Gasteiger partial charge in [-0.2, -0.15) is 0 Å². The molecule has 1 saturated carbocycles. The zero-order valence-electron chi connectivity index (χ0n) is 11.1. The van der Waals surface area contributed by atoms with Crippen LogP contribution in [0.15, 0.2) is 18.2 Å². The number of nitro benzene ring substituents is 1. The van der Waals surface area contributed by atoms with Crippen LogP contribution in [-0.2, 0) is 0 Å². The maximum Gasteiger partial charge on any atom is 0.274 e. The first-order chi connectivity index (χ1) is 9.08. The maximum atomic E-state index is 10.9. The van der Waals surface area contributed by atoms with Crippen LogP contribution in [0.4, 0.5) is 11.4 Å². The minimum Gasteiger partial charge on any atom is -0.393 e. The highest BCUT2D eigenvalue weighted by Gasteiger charge is 2.20. The summed E-state index contributed by atoms with van der Waals surface area (Å²) in [6.45, 7) is 2.58. The van der Waals surface area contributed by atoms with Gasteiger partial charge in [0, 0.05) is 23.9 Å². The first-order valence-electron chi connectivity index (χ1n) is 6.74. The van der Waals surface area contributed by atoms with Crippen molar-refractivity contribution in [2.45, 2.75) is 38.7 Å². The van der Waals surface area contributed by atoms with Crippen molar-refractivity contribution in [1.29, 1.82) is 0 Å². The van der Waals surface area contributed by atoms with Gasteiger partial charge < -0.3 is 10.4 Å². The number of benzene rings is 1. The largest absolute Gasteiger partial charge is 0.393 e. The normalized spacial score (nSPS) is 23.1. The molecule has 0 saturated heterocycles. The lowest BCUT2D eigenvalue weighted by molar-refractivity contribution is -0.385. The molecule has 1 aromatic rings. The molecule has 1 aromatic carbocycles. The van der Waals surface area contributed by atoms with Crippen molar-refractivity contribution in [2.75, 3.05) is 11.9 Å². The molecule has 0 bridgehead atoms. The highest BCUT2D eigenvalue weighted by atomic mass is 16.6. The van der Waals surface area contributed by atoms with E-state index in [0.717, 1.165) is 37.9 Å². The molecule has 0 atom stereocenters. The van der Waals surface area contributed by atoms with Gasteiger partial charge in [0.2, 0.25) is 0 Å². The second-order valence-electron chi connectivity index (χ2n) is 5.26. The smallest absolute Gasteiger partial charge is 0.274 e. The summed E-state index contributed by atoms with van der Waals surface area (Å²) in [6, 6.07) is 5.11. The average molecular weight is 264 g/mol. The molecule has 5 heteroatoms. The van der Waals surface area contributed by atoms with Gasteiger partial charge in [-0.15, -0.1) is 0 Å². The molecule has 1 aliphatic carbocycles. The molecule has 0 heterocycles. The van der Waals surface area contributed by atoms with E-state index in [0.29, 0.717) is 11.5 Å². The Hall–Kier alpha value is -1.62. The number of aliphatic hydroxyl groups is 1.